The number of allylic oxidation sites excluding steroid dienone is 8. The first kappa shape index (κ1) is 12.6. The van der Waals surface area contributed by atoms with E-state index in [1.54, 1.807) is 11.1 Å². The lowest BCUT2D eigenvalue weighted by Gasteiger charge is -2.12. The van der Waals surface area contributed by atoms with E-state index in [-0.39, 0.29) is 0 Å². The van der Waals surface area contributed by atoms with Crippen LogP contribution >= 0.6 is 0 Å². The first-order chi connectivity index (χ1) is 8.06. The van der Waals surface area contributed by atoms with Gasteiger partial charge in [0.05, 0.1) is 0 Å². The summed E-state index contributed by atoms with van der Waals surface area (Å²) in [5, 5.41) is 0. The molecule has 2 aliphatic carbocycles. The summed E-state index contributed by atoms with van der Waals surface area (Å²) in [6, 6.07) is 2.80. The predicted molar refractivity (Wildman–Crippen MR) is 78.8 cm³/mol. The average molecular weight is 243 g/mol. The van der Waals surface area contributed by atoms with Gasteiger partial charge in [-0.1, -0.05) is 58.7 Å². The van der Waals surface area contributed by atoms with Crippen LogP contribution in [0.25, 0.3) is 0 Å². The smallest absolute Gasteiger partial charge is 0.0298 e. The van der Waals surface area contributed by atoms with Crippen LogP contribution in [0.5, 0.6) is 0 Å². The van der Waals surface area contributed by atoms with Crippen molar-refractivity contribution in [2.24, 2.45) is 11.8 Å². The maximum Gasteiger partial charge on any atom is 0.0298 e. The number of hydrogen-bond donors (Lipinski definition) is 0. The molecule has 0 saturated heterocycles. The van der Waals surface area contributed by atoms with E-state index in [1.807, 2.05) is 0 Å². The fraction of sp³-hybridized carbons (Fsp3) is 0.500. The molecule has 0 nitrogen and oxygen atoms in total. The molecule has 0 aromatic rings. The molecule has 2 atom stereocenters. The summed E-state index contributed by atoms with van der Waals surface area (Å²) in [5.74, 6) is 1.50. The summed E-state index contributed by atoms with van der Waals surface area (Å²) in [6.45, 7) is 8.99. The van der Waals surface area contributed by atoms with E-state index in [9.17, 15) is 0 Å². The molecule has 0 fully saturated rings. The minimum absolute atomic E-state index is 0.577. The largest absolute Gasteiger partial charge is 0.0747 e. The summed E-state index contributed by atoms with van der Waals surface area (Å²) in [6.07, 6.45) is 9.57. The van der Waals surface area contributed by atoms with E-state index in [0.717, 1.165) is 11.8 Å². The van der Waals surface area contributed by atoms with Gasteiger partial charge in [0, 0.05) is 9.52 Å². The van der Waals surface area contributed by atoms with Crippen molar-refractivity contribution in [2.75, 3.05) is 0 Å². The van der Waals surface area contributed by atoms with Crippen LogP contribution in [0.2, 0.25) is 12.1 Å². The zero-order valence-corrected chi connectivity index (χ0v) is 12.6. The maximum absolute atomic E-state index is 2.45. The second kappa shape index (κ2) is 5.22. The Hall–Kier alpha value is -0.823. The molecule has 2 aliphatic rings. The number of rotatable bonds is 4. The molecule has 0 N–H and O–H groups in total. The highest BCUT2D eigenvalue weighted by atomic mass is 28.2. The standard InChI is InChI=1S/C16H23Si/c1-11-5-13(3)15(7-11)9-17-10-16-8-12(2)6-14(16)4/h5-8,15-17H,9-10H2,1-4H3. The normalized spacial score (nSPS) is 27.8. The van der Waals surface area contributed by atoms with Gasteiger partial charge in [0.2, 0.25) is 0 Å². The Morgan fingerprint density at radius 2 is 1.24 bits per heavy atom. The quantitative estimate of drug-likeness (QED) is 0.646. The van der Waals surface area contributed by atoms with Crippen LogP contribution in [0, 0.1) is 11.8 Å². The molecule has 2 rings (SSSR count). The van der Waals surface area contributed by atoms with Crippen LogP contribution in [-0.2, 0) is 0 Å². The van der Waals surface area contributed by atoms with Crippen LogP contribution in [0.3, 0.4) is 0 Å². The molecule has 0 spiro atoms. The molecule has 1 radical (unpaired) electrons. The number of hydrogen-bond acceptors (Lipinski definition) is 0. The SMILES string of the molecule is CC1=CC(C[SiH]CC2C=C(C)C=C2C)C(C)=C1. The van der Waals surface area contributed by atoms with Gasteiger partial charge in [0.25, 0.3) is 0 Å². The molecular formula is C16H23Si. The van der Waals surface area contributed by atoms with Gasteiger partial charge < -0.3 is 0 Å². The van der Waals surface area contributed by atoms with Gasteiger partial charge in [-0.05, 0) is 39.5 Å². The second-order valence-corrected chi connectivity index (χ2v) is 7.09. The summed E-state index contributed by atoms with van der Waals surface area (Å²) < 4.78 is 0. The van der Waals surface area contributed by atoms with Gasteiger partial charge in [0.15, 0.2) is 0 Å². The lowest BCUT2D eigenvalue weighted by Crippen LogP contribution is -2.05. The average Bonchev–Trinajstić information content (AvgIpc) is 2.71. The Bertz CT molecular complexity index is 381. The maximum atomic E-state index is 2.45. The molecule has 0 aromatic carbocycles. The van der Waals surface area contributed by atoms with Crippen molar-refractivity contribution in [2.45, 2.75) is 39.8 Å². The molecule has 17 heavy (non-hydrogen) atoms. The van der Waals surface area contributed by atoms with E-state index in [2.05, 4.69) is 52.0 Å². The minimum Gasteiger partial charge on any atom is -0.0747 e. The van der Waals surface area contributed by atoms with Gasteiger partial charge in [-0.25, -0.2) is 0 Å². The van der Waals surface area contributed by atoms with Crippen LogP contribution in [0.15, 0.2) is 46.6 Å². The lowest BCUT2D eigenvalue weighted by atomic mass is 10.1. The zero-order valence-electron chi connectivity index (χ0n) is 11.5. The Kier molecular flexibility index (Phi) is 3.88. The van der Waals surface area contributed by atoms with Crippen molar-refractivity contribution in [1.82, 2.24) is 0 Å². The first-order valence-corrected chi connectivity index (χ1v) is 8.24. The van der Waals surface area contributed by atoms with E-state index >= 15 is 0 Å². The van der Waals surface area contributed by atoms with Crippen molar-refractivity contribution >= 4 is 9.52 Å². The highest BCUT2D eigenvalue weighted by Crippen LogP contribution is 2.30. The summed E-state index contributed by atoms with van der Waals surface area (Å²) in [5.41, 5.74) is 6.06. The van der Waals surface area contributed by atoms with E-state index < -0.39 is 0 Å². The Morgan fingerprint density at radius 1 is 0.824 bits per heavy atom. The predicted octanol–water partition coefficient (Wildman–Crippen LogP) is 4.30. The van der Waals surface area contributed by atoms with Gasteiger partial charge in [-0.15, -0.1) is 0 Å². The molecule has 2 unspecified atom stereocenters. The van der Waals surface area contributed by atoms with E-state index in [0.29, 0.717) is 9.52 Å². The van der Waals surface area contributed by atoms with Gasteiger partial charge in [0.1, 0.15) is 0 Å². The third-order valence-corrected chi connectivity index (χ3v) is 5.53. The van der Waals surface area contributed by atoms with Crippen LogP contribution < -0.4 is 0 Å². The molecule has 1 heteroatoms. The minimum atomic E-state index is 0.577. The first-order valence-electron chi connectivity index (χ1n) is 6.61. The Morgan fingerprint density at radius 3 is 1.53 bits per heavy atom. The highest BCUT2D eigenvalue weighted by molar-refractivity contribution is 6.35. The van der Waals surface area contributed by atoms with Crippen LogP contribution in [0.1, 0.15) is 27.7 Å². The molecule has 0 aliphatic heterocycles. The molecule has 0 bridgehead atoms. The second-order valence-electron chi connectivity index (χ2n) is 5.57. The Balaban J connectivity index is 1.78. The fourth-order valence-corrected chi connectivity index (χ4v) is 4.82. The van der Waals surface area contributed by atoms with Crippen molar-refractivity contribution in [3.8, 4) is 0 Å². The summed E-state index contributed by atoms with van der Waals surface area (Å²) in [7, 11) is 0.577. The topological polar surface area (TPSA) is 0 Å². The lowest BCUT2D eigenvalue weighted by molar-refractivity contribution is 0.834. The van der Waals surface area contributed by atoms with Gasteiger partial charge >= 0.3 is 0 Å². The summed E-state index contributed by atoms with van der Waals surface area (Å²) >= 11 is 0. The Labute approximate surface area is 108 Å². The van der Waals surface area contributed by atoms with Crippen LogP contribution in [0.4, 0.5) is 0 Å². The highest BCUT2D eigenvalue weighted by Gasteiger charge is 2.17. The molecule has 0 saturated carbocycles. The monoisotopic (exact) mass is 243 g/mol. The van der Waals surface area contributed by atoms with E-state index in [1.165, 1.54) is 23.2 Å². The van der Waals surface area contributed by atoms with Crippen molar-refractivity contribution in [1.29, 1.82) is 0 Å². The third-order valence-electron chi connectivity index (χ3n) is 3.85. The van der Waals surface area contributed by atoms with E-state index in [4.69, 9.17) is 0 Å². The van der Waals surface area contributed by atoms with Gasteiger partial charge in [-0.3, -0.25) is 0 Å². The zero-order chi connectivity index (χ0) is 12.4. The molecule has 91 valence electrons. The fourth-order valence-electron chi connectivity index (χ4n) is 2.89. The van der Waals surface area contributed by atoms with Crippen molar-refractivity contribution in [3.05, 3.63) is 46.6 Å². The van der Waals surface area contributed by atoms with Crippen molar-refractivity contribution in [3.63, 3.8) is 0 Å². The van der Waals surface area contributed by atoms with Crippen LogP contribution in [-0.4, -0.2) is 9.52 Å². The third kappa shape index (κ3) is 3.10. The summed E-state index contributed by atoms with van der Waals surface area (Å²) in [4.78, 5) is 0. The molecule has 0 aromatic heterocycles. The van der Waals surface area contributed by atoms with Crippen molar-refractivity contribution < 1.29 is 0 Å². The molecule has 0 amide bonds. The molecular weight excluding hydrogens is 220 g/mol. The van der Waals surface area contributed by atoms with Gasteiger partial charge in [-0.2, -0.15) is 0 Å². The molecule has 0 heterocycles.